The maximum absolute atomic E-state index is 5.54. The van der Waals surface area contributed by atoms with Crippen LogP contribution in [0.1, 0.15) is 25.7 Å². The summed E-state index contributed by atoms with van der Waals surface area (Å²) in [5.41, 5.74) is 5.54. The number of hydrogen-bond acceptors (Lipinski definition) is 5. The lowest BCUT2D eigenvalue weighted by Crippen LogP contribution is -2.48. The van der Waals surface area contributed by atoms with E-state index in [9.17, 15) is 0 Å². The Morgan fingerprint density at radius 3 is 2.57 bits per heavy atom. The second kappa shape index (κ2) is 3.08. The molecule has 3 aliphatic rings. The molecule has 2 aliphatic heterocycles. The molecule has 2 bridgehead atoms. The molecule has 0 amide bonds. The predicted octanol–water partition coefficient (Wildman–Crippen LogP) is 1.50. The van der Waals surface area contributed by atoms with Crippen molar-refractivity contribution in [3.05, 3.63) is 0 Å². The first-order valence-corrected chi connectivity index (χ1v) is 5.96. The van der Waals surface area contributed by atoms with Gasteiger partial charge in [-0.05, 0) is 31.6 Å². The molecule has 3 heterocycles. The zero-order valence-electron chi connectivity index (χ0n) is 8.02. The van der Waals surface area contributed by atoms with Crippen molar-refractivity contribution >= 4 is 22.6 Å². The van der Waals surface area contributed by atoms with Gasteiger partial charge in [-0.15, -0.1) is 0 Å². The van der Waals surface area contributed by atoms with Crippen molar-refractivity contribution in [3.8, 4) is 0 Å². The van der Waals surface area contributed by atoms with Crippen molar-refractivity contribution in [3.63, 3.8) is 0 Å². The molecule has 3 fully saturated rings. The van der Waals surface area contributed by atoms with E-state index in [0.29, 0.717) is 12.0 Å². The molecule has 0 spiro atoms. The quantitative estimate of drug-likeness (QED) is 0.763. The predicted molar refractivity (Wildman–Crippen MR) is 57.4 cm³/mol. The smallest absolute Gasteiger partial charge is 0.233 e. The highest BCUT2D eigenvalue weighted by Gasteiger charge is 2.35. The molecule has 0 aromatic carbocycles. The minimum absolute atomic E-state index is 0.423. The summed E-state index contributed by atoms with van der Waals surface area (Å²) >= 11 is 1.44. The molecule has 1 aliphatic carbocycles. The molecule has 1 aromatic rings. The van der Waals surface area contributed by atoms with Crippen molar-refractivity contribution in [1.29, 1.82) is 0 Å². The lowest BCUT2D eigenvalue weighted by molar-refractivity contribution is 0.252. The van der Waals surface area contributed by atoms with Crippen LogP contribution in [0.4, 0.5) is 11.1 Å². The third-order valence-electron chi connectivity index (χ3n) is 3.39. The number of nitrogens with zero attached hydrogens (tertiary/aromatic N) is 3. The second-order valence-corrected chi connectivity index (χ2v) is 4.99. The molecule has 76 valence electrons. The molecule has 4 nitrogen and oxygen atoms in total. The molecule has 0 unspecified atom stereocenters. The van der Waals surface area contributed by atoms with E-state index >= 15 is 0 Å². The topological polar surface area (TPSA) is 55.0 Å². The van der Waals surface area contributed by atoms with Gasteiger partial charge in [-0.1, -0.05) is 0 Å². The summed E-state index contributed by atoms with van der Waals surface area (Å²) in [6.07, 6.45) is 5.44. The van der Waals surface area contributed by atoms with E-state index < -0.39 is 0 Å². The minimum Gasteiger partial charge on any atom is -0.367 e. The fourth-order valence-electron chi connectivity index (χ4n) is 2.64. The number of aromatic nitrogens is 2. The Morgan fingerprint density at radius 2 is 2.07 bits per heavy atom. The van der Waals surface area contributed by atoms with Gasteiger partial charge in [0.15, 0.2) is 0 Å². The Labute approximate surface area is 87.3 Å². The van der Waals surface area contributed by atoms with Gasteiger partial charge in [0, 0.05) is 24.1 Å². The van der Waals surface area contributed by atoms with E-state index in [1.165, 1.54) is 43.8 Å². The molecule has 4 rings (SSSR count). The summed E-state index contributed by atoms with van der Waals surface area (Å²) in [7, 11) is 0. The van der Waals surface area contributed by atoms with Crippen molar-refractivity contribution < 1.29 is 0 Å². The third-order valence-corrected chi connectivity index (χ3v) is 4.16. The Hall–Kier alpha value is -0.840. The van der Waals surface area contributed by atoms with Gasteiger partial charge in [-0.25, -0.2) is 0 Å². The SMILES string of the molecule is Nc1nsc(N2CC3CCC2CC3)n1. The standard InChI is InChI=1S/C9H14N4S/c10-8-11-9(14-12-8)13-5-6-1-3-7(13)4-2-6/h6-7H,1-5H2,(H2,10,12). The van der Waals surface area contributed by atoms with E-state index in [1.54, 1.807) is 0 Å². The average Bonchev–Trinajstić information content (AvgIpc) is 2.66. The highest BCUT2D eigenvalue weighted by molar-refractivity contribution is 7.09. The Kier molecular flexibility index (Phi) is 1.87. The lowest BCUT2D eigenvalue weighted by atomic mass is 9.80. The van der Waals surface area contributed by atoms with E-state index in [4.69, 9.17) is 5.73 Å². The zero-order valence-corrected chi connectivity index (χ0v) is 8.83. The van der Waals surface area contributed by atoms with Gasteiger partial charge in [0.1, 0.15) is 0 Å². The molecule has 5 heteroatoms. The van der Waals surface area contributed by atoms with E-state index in [1.807, 2.05) is 0 Å². The molecule has 2 N–H and O–H groups in total. The molecular weight excluding hydrogens is 196 g/mol. The summed E-state index contributed by atoms with van der Waals surface area (Å²) in [4.78, 5) is 6.67. The molecular formula is C9H14N4S. The normalized spacial score (nSPS) is 31.0. The number of nitrogens with two attached hydrogens (primary N) is 1. The third kappa shape index (κ3) is 1.27. The van der Waals surface area contributed by atoms with Gasteiger partial charge in [-0.2, -0.15) is 9.36 Å². The van der Waals surface area contributed by atoms with Crippen LogP contribution >= 0.6 is 11.5 Å². The number of fused-ring (bicyclic) bond motifs is 3. The van der Waals surface area contributed by atoms with Crippen LogP contribution in [0.2, 0.25) is 0 Å². The number of nitrogen functional groups attached to an aromatic ring is 1. The summed E-state index contributed by atoms with van der Waals surface area (Å²) < 4.78 is 4.04. The van der Waals surface area contributed by atoms with Crippen molar-refractivity contribution in [2.24, 2.45) is 5.92 Å². The molecule has 1 aromatic heterocycles. The largest absolute Gasteiger partial charge is 0.367 e. The van der Waals surface area contributed by atoms with Gasteiger partial charge < -0.3 is 10.6 Å². The highest BCUT2D eigenvalue weighted by atomic mass is 32.1. The van der Waals surface area contributed by atoms with Gasteiger partial charge in [-0.3, -0.25) is 0 Å². The maximum Gasteiger partial charge on any atom is 0.233 e. The van der Waals surface area contributed by atoms with E-state index in [-0.39, 0.29) is 0 Å². The molecule has 14 heavy (non-hydrogen) atoms. The van der Waals surface area contributed by atoms with Gasteiger partial charge >= 0.3 is 0 Å². The Balaban J connectivity index is 1.85. The van der Waals surface area contributed by atoms with E-state index in [0.717, 1.165) is 11.0 Å². The lowest BCUT2D eigenvalue weighted by Gasteiger charge is -2.45. The highest BCUT2D eigenvalue weighted by Crippen LogP contribution is 2.38. The number of hydrogen-bond donors (Lipinski definition) is 1. The van der Waals surface area contributed by atoms with Gasteiger partial charge in [0.2, 0.25) is 11.1 Å². The van der Waals surface area contributed by atoms with Crippen LogP contribution in [0.25, 0.3) is 0 Å². The van der Waals surface area contributed by atoms with Crippen LogP contribution in [0.15, 0.2) is 0 Å². The summed E-state index contributed by atoms with van der Waals surface area (Å²) in [6, 6.07) is 0.701. The molecule has 2 saturated heterocycles. The summed E-state index contributed by atoms with van der Waals surface area (Å²) in [6.45, 7) is 1.17. The molecule has 0 radical (unpaired) electrons. The monoisotopic (exact) mass is 210 g/mol. The number of anilines is 2. The van der Waals surface area contributed by atoms with Crippen molar-refractivity contribution in [2.75, 3.05) is 17.2 Å². The van der Waals surface area contributed by atoms with Crippen LogP contribution in [-0.2, 0) is 0 Å². The Bertz CT molecular complexity index is 329. The second-order valence-electron chi connectivity index (χ2n) is 4.26. The number of rotatable bonds is 1. The van der Waals surface area contributed by atoms with Crippen LogP contribution < -0.4 is 10.6 Å². The van der Waals surface area contributed by atoms with E-state index in [2.05, 4.69) is 14.3 Å². The first-order chi connectivity index (χ1) is 6.83. The van der Waals surface area contributed by atoms with Gasteiger partial charge in [0.25, 0.3) is 0 Å². The fraction of sp³-hybridized carbons (Fsp3) is 0.778. The number of piperidine rings is 2. The van der Waals surface area contributed by atoms with Crippen LogP contribution in [0.3, 0.4) is 0 Å². The van der Waals surface area contributed by atoms with Crippen molar-refractivity contribution in [1.82, 2.24) is 9.36 Å². The fourth-order valence-corrected chi connectivity index (χ4v) is 3.32. The van der Waals surface area contributed by atoms with Crippen LogP contribution in [0, 0.1) is 5.92 Å². The first-order valence-electron chi connectivity index (χ1n) is 5.19. The summed E-state index contributed by atoms with van der Waals surface area (Å²) in [5, 5.41) is 1.02. The first kappa shape index (κ1) is 8.47. The van der Waals surface area contributed by atoms with Gasteiger partial charge in [0.05, 0.1) is 0 Å². The minimum atomic E-state index is 0.423. The zero-order chi connectivity index (χ0) is 9.54. The summed E-state index contributed by atoms with van der Waals surface area (Å²) in [5.74, 6) is 1.30. The average molecular weight is 210 g/mol. The maximum atomic E-state index is 5.54. The molecule has 0 atom stereocenters. The van der Waals surface area contributed by atoms with Crippen LogP contribution in [-0.4, -0.2) is 21.9 Å². The molecule has 1 saturated carbocycles. The Morgan fingerprint density at radius 1 is 1.29 bits per heavy atom. The van der Waals surface area contributed by atoms with Crippen molar-refractivity contribution in [2.45, 2.75) is 31.7 Å². The van der Waals surface area contributed by atoms with Crippen LogP contribution in [0.5, 0.6) is 0 Å².